The van der Waals surface area contributed by atoms with E-state index in [9.17, 15) is 14.7 Å². The van der Waals surface area contributed by atoms with Gasteiger partial charge in [0.15, 0.2) is 0 Å². The minimum absolute atomic E-state index is 0.276. The van der Waals surface area contributed by atoms with Crippen LogP contribution in [0.15, 0.2) is 54.6 Å². The molecule has 1 heterocycles. The third kappa shape index (κ3) is 0.992. The summed E-state index contributed by atoms with van der Waals surface area (Å²) in [5.74, 6) is -1.40. The maximum Gasteiger partial charge on any atom is 0.344 e. The highest BCUT2D eigenvalue weighted by Crippen LogP contribution is 2.68. The van der Waals surface area contributed by atoms with E-state index in [4.69, 9.17) is 4.74 Å². The molecule has 0 bridgehead atoms. The lowest BCUT2D eigenvalue weighted by Crippen LogP contribution is -2.29. The van der Waals surface area contributed by atoms with Crippen LogP contribution in [0.4, 0.5) is 0 Å². The van der Waals surface area contributed by atoms with Crippen molar-refractivity contribution in [2.75, 3.05) is 0 Å². The smallest absolute Gasteiger partial charge is 0.344 e. The summed E-state index contributed by atoms with van der Waals surface area (Å²) in [7, 11) is 0. The Morgan fingerprint density at radius 1 is 1.00 bits per heavy atom. The molecule has 0 aromatic heterocycles. The fraction of sp³-hybridized carbons (Fsp3) is 0.125. The number of hydrogen-bond acceptors (Lipinski definition) is 3. The van der Waals surface area contributed by atoms with E-state index in [0.717, 1.165) is 0 Å². The van der Waals surface area contributed by atoms with Gasteiger partial charge in [-0.25, -0.2) is 4.79 Å². The van der Waals surface area contributed by atoms with Crippen molar-refractivity contribution in [3.63, 3.8) is 0 Å². The number of ether oxygens (including phenoxy) is 1. The zero-order valence-corrected chi connectivity index (χ0v) is 10.4. The van der Waals surface area contributed by atoms with Crippen molar-refractivity contribution in [3.8, 4) is 0 Å². The summed E-state index contributed by atoms with van der Waals surface area (Å²) in [5.41, 5.74) is -1.50. The van der Waals surface area contributed by atoms with Gasteiger partial charge in [-0.3, -0.25) is 4.79 Å². The number of rotatable bonds is 2. The van der Waals surface area contributed by atoms with Gasteiger partial charge >= 0.3 is 5.97 Å². The summed E-state index contributed by atoms with van der Waals surface area (Å²) in [6.07, 6.45) is 0. The first kappa shape index (κ1) is 11.4. The molecule has 1 fully saturated rings. The maximum atomic E-state index is 12.7. The van der Waals surface area contributed by atoms with Gasteiger partial charge in [-0.2, -0.15) is 0 Å². The number of aliphatic carboxylic acids is 1. The molecule has 2 aromatic carbocycles. The third-order valence-electron chi connectivity index (χ3n) is 4.11. The van der Waals surface area contributed by atoms with Crippen molar-refractivity contribution in [1.29, 1.82) is 0 Å². The Kier molecular flexibility index (Phi) is 1.90. The van der Waals surface area contributed by atoms with Crippen molar-refractivity contribution in [1.82, 2.24) is 0 Å². The van der Waals surface area contributed by atoms with Gasteiger partial charge in [-0.1, -0.05) is 54.6 Å². The standard InChI is InChI=1S/C16H10O4/c17-13-11-8-4-5-9-12(11)16(14(18)19)15(13,20-16)10-6-2-1-3-7-10/h1-9H,(H,18,19). The summed E-state index contributed by atoms with van der Waals surface area (Å²) < 4.78 is 5.57. The molecule has 98 valence electrons. The molecule has 2 aliphatic rings. The Balaban J connectivity index is 2.02. The molecule has 4 nitrogen and oxygen atoms in total. The number of carboxylic acids is 1. The SMILES string of the molecule is O=C1c2ccccc2C2(C(=O)O)OC12c1ccccc1. The third-order valence-corrected chi connectivity index (χ3v) is 4.11. The summed E-state index contributed by atoms with van der Waals surface area (Å²) in [6, 6.07) is 15.6. The van der Waals surface area contributed by atoms with Gasteiger partial charge in [0.05, 0.1) is 0 Å². The monoisotopic (exact) mass is 266 g/mol. The van der Waals surface area contributed by atoms with E-state index in [1.807, 2.05) is 6.07 Å². The molecule has 2 aromatic rings. The van der Waals surface area contributed by atoms with Crippen LogP contribution in [0.25, 0.3) is 0 Å². The first-order chi connectivity index (χ1) is 9.64. The number of hydrogen-bond donors (Lipinski definition) is 1. The van der Waals surface area contributed by atoms with E-state index in [-0.39, 0.29) is 5.78 Å². The number of ketones is 1. The molecule has 0 amide bonds. The lowest BCUT2D eigenvalue weighted by molar-refractivity contribution is -0.143. The summed E-state index contributed by atoms with van der Waals surface area (Å²) in [4.78, 5) is 24.5. The fourth-order valence-electron chi connectivity index (χ4n) is 3.21. The summed E-state index contributed by atoms with van der Waals surface area (Å²) in [6.45, 7) is 0. The molecular formula is C16H10O4. The number of fused-ring (bicyclic) bond motifs is 3. The van der Waals surface area contributed by atoms with Crippen LogP contribution in [0.2, 0.25) is 0 Å². The number of carbonyl (C=O) groups excluding carboxylic acids is 1. The lowest BCUT2D eigenvalue weighted by Gasteiger charge is -2.08. The second kappa shape index (κ2) is 3.35. The van der Waals surface area contributed by atoms with E-state index in [1.165, 1.54) is 0 Å². The minimum Gasteiger partial charge on any atom is -0.479 e. The van der Waals surface area contributed by atoms with Gasteiger partial charge in [-0.15, -0.1) is 0 Å². The van der Waals surface area contributed by atoms with Gasteiger partial charge in [0.2, 0.25) is 17.0 Å². The predicted molar refractivity (Wildman–Crippen MR) is 69.3 cm³/mol. The lowest BCUT2D eigenvalue weighted by atomic mass is 9.86. The molecule has 2 atom stereocenters. The number of epoxide rings is 1. The van der Waals surface area contributed by atoms with Crippen molar-refractivity contribution >= 4 is 11.8 Å². The highest BCUT2D eigenvalue weighted by molar-refractivity contribution is 6.17. The zero-order chi connectivity index (χ0) is 14.0. The fourth-order valence-corrected chi connectivity index (χ4v) is 3.21. The molecule has 0 saturated carbocycles. The first-order valence-electron chi connectivity index (χ1n) is 6.28. The van der Waals surface area contributed by atoms with E-state index in [0.29, 0.717) is 16.7 Å². The molecule has 0 radical (unpaired) electrons. The predicted octanol–water partition coefficient (Wildman–Crippen LogP) is 2.09. The van der Waals surface area contributed by atoms with Crippen molar-refractivity contribution < 1.29 is 19.4 Å². The minimum atomic E-state index is -1.57. The quantitative estimate of drug-likeness (QED) is 0.845. The Labute approximate surface area is 114 Å². The molecule has 1 aliphatic carbocycles. The topological polar surface area (TPSA) is 66.9 Å². The molecule has 1 aliphatic heterocycles. The van der Waals surface area contributed by atoms with Gasteiger partial charge < -0.3 is 9.84 Å². The van der Waals surface area contributed by atoms with Gasteiger partial charge in [0.25, 0.3) is 0 Å². The van der Waals surface area contributed by atoms with Gasteiger partial charge in [-0.05, 0) is 5.56 Å². The van der Waals surface area contributed by atoms with E-state index in [1.54, 1.807) is 48.5 Å². The van der Waals surface area contributed by atoms with Crippen LogP contribution in [0, 0.1) is 0 Å². The molecule has 1 saturated heterocycles. The second-order valence-electron chi connectivity index (χ2n) is 5.01. The number of benzene rings is 2. The molecule has 1 N–H and O–H groups in total. The normalized spacial score (nSPS) is 29.7. The van der Waals surface area contributed by atoms with Crippen LogP contribution >= 0.6 is 0 Å². The van der Waals surface area contributed by atoms with E-state index in [2.05, 4.69) is 0 Å². The largest absolute Gasteiger partial charge is 0.479 e. The molecule has 4 rings (SSSR count). The molecule has 20 heavy (non-hydrogen) atoms. The van der Waals surface area contributed by atoms with Crippen LogP contribution < -0.4 is 0 Å². The Morgan fingerprint density at radius 2 is 1.65 bits per heavy atom. The van der Waals surface area contributed by atoms with Crippen LogP contribution in [0.1, 0.15) is 21.5 Å². The Hall–Kier alpha value is -2.46. The van der Waals surface area contributed by atoms with Gasteiger partial charge in [0.1, 0.15) is 0 Å². The second-order valence-corrected chi connectivity index (χ2v) is 5.01. The molecule has 4 heteroatoms. The van der Waals surface area contributed by atoms with Crippen LogP contribution in [0.5, 0.6) is 0 Å². The molecular weight excluding hydrogens is 256 g/mol. The maximum absolute atomic E-state index is 12.7. The average molecular weight is 266 g/mol. The van der Waals surface area contributed by atoms with Crippen LogP contribution in [-0.2, 0) is 20.7 Å². The van der Waals surface area contributed by atoms with Crippen molar-refractivity contribution in [2.45, 2.75) is 11.2 Å². The average Bonchev–Trinajstić information content (AvgIpc) is 3.15. The first-order valence-corrected chi connectivity index (χ1v) is 6.28. The Morgan fingerprint density at radius 3 is 2.35 bits per heavy atom. The molecule has 2 unspecified atom stereocenters. The highest BCUT2D eigenvalue weighted by atomic mass is 16.7. The van der Waals surface area contributed by atoms with Gasteiger partial charge in [0, 0.05) is 11.1 Å². The van der Waals surface area contributed by atoms with E-state index < -0.39 is 17.2 Å². The van der Waals surface area contributed by atoms with Crippen molar-refractivity contribution in [3.05, 3.63) is 71.3 Å². The zero-order valence-electron chi connectivity index (χ0n) is 10.4. The van der Waals surface area contributed by atoms with Crippen molar-refractivity contribution in [2.24, 2.45) is 0 Å². The Bertz CT molecular complexity index is 752. The molecule has 0 spiro atoms. The number of Topliss-reactive ketones (excluding diaryl/α,β-unsaturated/α-hetero) is 1. The number of carboxylic acid groups (broad SMARTS) is 1. The summed E-state index contributed by atoms with van der Waals surface area (Å²) in [5, 5.41) is 9.63. The van der Waals surface area contributed by atoms with E-state index >= 15 is 0 Å². The number of carbonyl (C=O) groups is 2. The van der Waals surface area contributed by atoms with Crippen LogP contribution in [-0.4, -0.2) is 16.9 Å². The highest BCUT2D eigenvalue weighted by Gasteiger charge is 2.85. The van der Waals surface area contributed by atoms with Crippen LogP contribution in [0.3, 0.4) is 0 Å². The summed E-state index contributed by atoms with van der Waals surface area (Å²) >= 11 is 0.